The van der Waals surface area contributed by atoms with E-state index >= 15 is 0 Å². The summed E-state index contributed by atoms with van der Waals surface area (Å²) in [6, 6.07) is 7.84. The molecular formula is C20H25NO3S. The Labute approximate surface area is 151 Å². The maximum atomic E-state index is 13.3. The van der Waals surface area contributed by atoms with Crippen LogP contribution in [-0.2, 0) is 20.3 Å². The normalized spacial score (nSPS) is 26.9. The Kier molecular flexibility index (Phi) is 4.32. The molecule has 4 rings (SSSR count). The van der Waals surface area contributed by atoms with Crippen LogP contribution in [0.25, 0.3) is 0 Å². The maximum Gasteiger partial charge on any atom is 0.229 e. The molecule has 0 radical (unpaired) electrons. The SMILES string of the molecule is Cc1ccc([S@](=O)C2=C3COC4(CCCCC4)N3C(=O)C[C@H]2C)cc1. The third kappa shape index (κ3) is 2.77. The molecule has 1 spiro atoms. The minimum Gasteiger partial charge on any atom is -0.349 e. The summed E-state index contributed by atoms with van der Waals surface area (Å²) in [4.78, 5) is 16.4. The molecule has 0 N–H and O–H groups in total. The van der Waals surface area contributed by atoms with Crippen LogP contribution < -0.4 is 0 Å². The minimum absolute atomic E-state index is 0.0109. The summed E-state index contributed by atoms with van der Waals surface area (Å²) >= 11 is 0. The summed E-state index contributed by atoms with van der Waals surface area (Å²) in [6.07, 6.45) is 5.57. The highest BCUT2D eigenvalue weighted by molar-refractivity contribution is 7.89. The number of benzene rings is 1. The van der Waals surface area contributed by atoms with E-state index in [2.05, 4.69) is 0 Å². The number of fused-ring (bicyclic) bond motifs is 2. The summed E-state index contributed by atoms with van der Waals surface area (Å²) in [5.74, 6) is 0.120. The first-order valence-corrected chi connectivity index (χ1v) is 10.4. The van der Waals surface area contributed by atoms with Gasteiger partial charge in [0.15, 0.2) is 0 Å². The van der Waals surface area contributed by atoms with Crippen LogP contribution in [0.15, 0.2) is 39.8 Å². The summed E-state index contributed by atoms with van der Waals surface area (Å²) in [5, 5.41) is 0. The predicted octanol–water partition coefficient (Wildman–Crippen LogP) is 3.87. The average Bonchev–Trinajstić information content (AvgIpc) is 2.95. The molecule has 0 bridgehead atoms. The summed E-state index contributed by atoms with van der Waals surface area (Å²) in [6.45, 7) is 4.44. The number of hydrogen-bond acceptors (Lipinski definition) is 3. The third-order valence-corrected chi connectivity index (χ3v) is 7.42. The molecule has 25 heavy (non-hydrogen) atoms. The number of carbonyl (C=O) groups is 1. The smallest absolute Gasteiger partial charge is 0.229 e. The first-order chi connectivity index (χ1) is 12.0. The second kappa shape index (κ2) is 6.36. The van der Waals surface area contributed by atoms with Gasteiger partial charge in [-0.3, -0.25) is 9.69 Å². The van der Waals surface area contributed by atoms with E-state index in [1.54, 1.807) is 0 Å². The van der Waals surface area contributed by atoms with Gasteiger partial charge in [-0.15, -0.1) is 0 Å². The van der Waals surface area contributed by atoms with E-state index in [4.69, 9.17) is 4.74 Å². The zero-order valence-electron chi connectivity index (χ0n) is 14.9. The quantitative estimate of drug-likeness (QED) is 0.805. The van der Waals surface area contributed by atoms with Gasteiger partial charge in [0.1, 0.15) is 5.72 Å². The topological polar surface area (TPSA) is 46.6 Å². The molecule has 2 heterocycles. The lowest BCUT2D eigenvalue weighted by Gasteiger charge is -2.42. The third-order valence-electron chi connectivity index (χ3n) is 5.69. The van der Waals surface area contributed by atoms with Gasteiger partial charge in [0, 0.05) is 22.1 Å². The average molecular weight is 359 g/mol. The second-order valence-electron chi connectivity index (χ2n) is 7.52. The van der Waals surface area contributed by atoms with Crippen LogP contribution in [0, 0.1) is 12.8 Å². The first kappa shape index (κ1) is 17.0. The standard InChI is InChI=1S/C20H25NO3S/c1-14-6-8-16(9-7-14)25(23)19-15(2)12-18(22)21-17(19)13-24-20(21)10-4-3-5-11-20/h6-9,15H,3-5,10-13H2,1-2H3/t15-,25+/m1/s1. The van der Waals surface area contributed by atoms with Gasteiger partial charge in [0.25, 0.3) is 0 Å². The van der Waals surface area contributed by atoms with Crippen molar-refractivity contribution in [3.8, 4) is 0 Å². The Hall–Kier alpha value is -1.46. The van der Waals surface area contributed by atoms with E-state index in [9.17, 15) is 9.00 Å². The number of aryl methyl sites for hydroxylation is 1. The largest absolute Gasteiger partial charge is 0.349 e. The van der Waals surface area contributed by atoms with Crippen molar-refractivity contribution in [3.05, 3.63) is 40.4 Å². The summed E-state index contributed by atoms with van der Waals surface area (Å²) in [7, 11) is -1.25. The van der Waals surface area contributed by atoms with Crippen LogP contribution in [0.5, 0.6) is 0 Å². The number of rotatable bonds is 2. The monoisotopic (exact) mass is 359 g/mol. The van der Waals surface area contributed by atoms with Crippen LogP contribution in [0.2, 0.25) is 0 Å². The fraction of sp³-hybridized carbons (Fsp3) is 0.550. The number of nitrogens with zero attached hydrogens (tertiary/aromatic N) is 1. The van der Waals surface area contributed by atoms with Gasteiger partial charge in [0.2, 0.25) is 5.91 Å². The molecule has 0 aromatic heterocycles. The molecule has 1 saturated heterocycles. The lowest BCUT2D eigenvalue weighted by molar-refractivity contribution is -0.154. The molecule has 0 unspecified atom stereocenters. The van der Waals surface area contributed by atoms with Crippen molar-refractivity contribution in [1.82, 2.24) is 4.90 Å². The fourth-order valence-corrected chi connectivity index (χ4v) is 5.87. The molecule has 134 valence electrons. The zero-order valence-corrected chi connectivity index (χ0v) is 15.7. The van der Waals surface area contributed by atoms with E-state index in [0.29, 0.717) is 13.0 Å². The molecule has 1 aromatic carbocycles. The van der Waals surface area contributed by atoms with Crippen LogP contribution in [-0.4, -0.2) is 27.3 Å². The van der Waals surface area contributed by atoms with E-state index in [1.165, 1.54) is 6.42 Å². The van der Waals surface area contributed by atoms with Crippen molar-refractivity contribution in [2.24, 2.45) is 5.92 Å². The van der Waals surface area contributed by atoms with Gasteiger partial charge in [-0.2, -0.15) is 0 Å². The van der Waals surface area contributed by atoms with E-state index in [1.807, 2.05) is 43.0 Å². The van der Waals surface area contributed by atoms with E-state index in [0.717, 1.165) is 46.7 Å². The highest BCUT2D eigenvalue weighted by Crippen LogP contribution is 2.47. The van der Waals surface area contributed by atoms with E-state index < -0.39 is 16.5 Å². The number of carbonyl (C=O) groups excluding carboxylic acids is 1. The number of amides is 1. The molecule has 1 saturated carbocycles. The van der Waals surface area contributed by atoms with Crippen LogP contribution >= 0.6 is 0 Å². The van der Waals surface area contributed by atoms with Crippen molar-refractivity contribution in [2.75, 3.05) is 6.61 Å². The van der Waals surface area contributed by atoms with Crippen molar-refractivity contribution in [3.63, 3.8) is 0 Å². The lowest BCUT2D eigenvalue weighted by atomic mass is 9.88. The van der Waals surface area contributed by atoms with Gasteiger partial charge >= 0.3 is 0 Å². The van der Waals surface area contributed by atoms with Crippen molar-refractivity contribution < 1.29 is 13.7 Å². The van der Waals surface area contributed by atoms with Crippen LogP contribution in [0.1, 0.15) is 51.0 Å². The Bertz CT molecular complexity index is 747. The molecular weight excluding hydrogens is 334 g/mol. The number of hydrogen-bond donors (Lipinski definition) is 0. The Morgan fingerprint density at radius 3 is 2.52 bits per heavy atom. The fourth-order valence-electron chi connectivity index (χ4n) is 4.42. The van der Waals surface area contributed by atoms with Crippen molar-refractivity contribution in [1.29, 1.82) is 0 Å². The first-order valence-electron chi connectivity index (χ1n) is 9.20. The lowest BCUT2D eigenvalue weighted by Crippen LogP contribution is -2.51. The Morgan fingerprint density at radius 1 is 1.16 bits per heavy atom. The second-order valence-corrected chi connectivity index (χ2v) is 8.97. The Morgan fingerprint density at radius 2 is 1.84 bits per heavy atom. The summed E-state index contributed by atoms with van der Waals surface area (Å²) in [5.41, 5.74) is 1.54. The van der Waals surface area contributed by atoms with Gasteiger partial charge in [0.05, 0.1) is 23.1 Å². The predicted molar refractivity (Wildman–Crippen MR) is 97.0 cm³/mol. The molecule has 4 nitrogen and oxygen atoms in total. The molecule has 1 aromatic rings. The maximum absolute atomic E-state index is 13.3. The highest BCUT2D eigenvalue weighted by Gasteiger charge is 2.52. The molecule has 1 amide bonds. The van der Waals surface area contributed by atoms with Gasteiger partial charge < -0.3 is 4.74 Å². The number of ether oxygens (including phenoxy) is 1. The number of allylic oxidation sites excluding steroid dienone is 1. The summed E-state index contributed by atoms with van der Waals surface area (Å²) < 4.78 is 19.5. The van der Waals surface area contributed by atoms with Crippen molar-refractivity contribution in [2.45, 2.75) is 63.0 Å². The van der Waals surface area contributed by atoms with E-state index in [-0.39, 0.29) is 11.8 Å². The molecule has 2 aliphatic heterocycles. The molecule has 3 aliphatic rings. The molecule has 2 fully saturated rings. The van der Waals surface area contributed by atoms with Gasteiger partial charge in [-0.25, -0.2) is 4.21 Å². The van der Waals surface area contributed by atoms with Crippen molar-refractivity contribution >= 4 is 16.7 Å². The molecule has 5 heteroatoms. The van der Waals surface area contributed by atoms with Gasteiger partial charge in [-0.1, -0.05) is 31.0 Å². The minimum atomic E-state index is -1.25. The molecule has 1 aliphatic carbocycles. The highest BCUT2D eigenvalue weighted by atomic mass is 32.2. The zero-order chi connectivity index (χ0) is 17.6. The van der Waals surface area contributed by atoms with Gasteiger partial charge in [-0.05, 0) is 44.7 Å². The molecule has 2 atom stereocenters. The van der Waals surface area contributed by atoms with Crippen LogP contribution in [0.4, 0.5) is 0 Å². The van der Waals surface area contributed by atoms with Crippen LogP contribution in [0.3, 0.4) is 0 Å². The Balaban J connectivity index is 1.76.